The lowest BCUT2D eigenvalue weighted by Crippen LogP contribution is -2.03. The molecule has 0 fully saturated rings. The number of aryl methyl sites for hydroxylation is 1. The lowest BCUT2D eigenvalue weighted by molar-refractivity contribution is 1.22. The summed E-state index contributed by atoms with van der Waals surface area (Å²) in [5.41, 5.74) is 13.0. The van der Waals surface area contributed by atoms with Gasteiger partial charge < -0.3 is 5.73 Å². The van der Waals surface area contributed by atoms with Crippen molar-refractivity contribution < 1.29 is 0 Å². The Morgan fingerprint density at radius 1 is 1.04 bits per heavy atom. The summed E-state index contributed by atoms with van der Waals surface area (Å²) < 4.78 is 0. The molecule has 1 aromatic heterocycles. The van der Waals surface area contributed by atoms with Gasteiger partial charge in [0.2, 0.25) is 0 Å². The number of hydrogen-bond acceptors (Lipinski definition) is 4. The van der Waals surface area contributed by atoms with E-state index in [1.54, 1.807) is 0 Å². The van der Waals surface area contributed by atoms with E-state index in [-0.39, 0.29) is 5.82 Å². The van der Waals surface area contributed by atoms with Crippen LogP contribution in [0.1, 0.15) is 40.4 Å². The van der Waals surface area contributed by atoms with E-state index in [2.05, 4.69) is 17.1 Å². The molecule has 0 bridgehead atoms. The molecule has 0 saturated carbocycles. The topological polar surface area (TPSA) is 86.5 Å². The average molecular weight is 312 g/mol. The monoisotopic (exact) mass is 312 g/mol. The number of fused-ring (bicyclic) bond motifs is 1. The van der Waals surface area contributed by atoms with Gasteiger partial charge >= 0.3 is 0 Å². The van der Waals surface area contributed by atoms with Crippen LogP contribution in [0.3, 0.4) is 0 Å². The second-order valence-corrected chi connectivity index (χ2v) is 5.91. The molecule has 0 saturated heterocycles. The third-order valence-electron chi connectivity index (χ3n) is 4.37. The number of aromatic nitrogens is 1. The summed E-state index contributed by atoms with van der Waals surface area (Å²) in [7, 11) is 0. The molecule has 116 valence electrons. The molecule has 0 atom stereocenters. The number of nitrogens with two attached hydrogens (primary N) is 1. The van der Waals surface area contributed by atoms with Crippen LogP contribution in [0.25, 0.3) is 17.2 Å². The van der Waals surface area contributed by atoms with E-state index in [1.807, 2.05) is 51.1 Å². The summed E-state index contributed by atoms with van der Waals surface area (Å²) in [6, 6.07) is 12.5. The van der Waals surface area contributed by atoms with Crippen molar-refractivity contribution in [2.75, 3.05) is 5.73 Å². The van der Waals surface area contributed by atoms with Gasteiger partial charge in [0.1, 0.15) is 18.0 Å². The van der Waals surface area contributed by atoms with E-state index in [0.717, 1.165) is 27.8 Å². The van der Waals surface area contributed by atoms with E-state index in [9.17, 15) is 10.5 Å². The molecule has 4 heteroatoms. The number of pyridine rings is 1. The average Bonchev–Trinajstić information content (AvgIpc) is 2.81. The SMILES string of the molecule is CC1=C(C#N)c2nc(N)c(C#N)c(C)c2C1=Cc1ccc(C)cc1. The molecule has 2 N–H and O–H groups in total. The highest BCUT2D eigenvalue weighted by molar-refractivity contribution is 6.08. The van der Waals surface area contributed by atoms with Crippen LogP contribution in [-0.4, -0.2) is 4.98 Å². The molecule has 4 nitrogen and oxygen atoms in total. The second-order valence-electron chi connectivity index (χ2n) is 5.91. The van der Waals surface area contributed by atoms with Gasteiger partial charge in [-0.1, -0.05) is 29.8 Å². The molecule has 0 spiro atoms. The first-order valence-electron chi connectivity index (χ1n) is 7.58. The molecule has 1 aliphatic rings. The molecule has 0 unspecified atom stereocenters. The number of allylic oxidation sites excluding steroid dienone is 3. The molecule has 1 heterocycles. The molecule has 24 heavy (non-hydrogen) atoms. The lowest BCUT2D eigenvalue weighted by Gasteiger charge is -2.11. The molecular weight excluding hydrogens is 296 g/mol. The van der Waals surface area contributed by atoms with Crippen molar-refractivity contribution in [1.82, 2.24) is 4.98 Å². The van der Waals surface area contributed by atoms with Crippen LogP contribution in [-0.2, 0) is 0 Å². The third kappa shape index (κ3) is 2.26. The van der Waals surface area contributed by atoms with Crippen LogP contribution >= 0.6 is 0 Å². The van der Waals surface area contributed by atoms with Crippen LogP contribution in [0.4, 0.5) is 5.82 Å². The number of nitrogen functional groups attached to an aromatic ring is 1. The molecule has 3 rings (SSSR count). The maximum absolute atomic E-state index is 9.53. The minimum Gasteiger partial charge on any atom is -0.383 e. The number of benzene rings is 1. The van der Waals surface area contributed by atoms with Crippen molar-refractivity contribution in [3.8, 4) is 12.1 Å². The lowest BCUT2D eigenvalue weighted by atomic mass is 9.95. The van der Waals surface area contributed by atoms with Crippen LogP contribution in [0.15, 0.2) is 29.8 Å². The molecule has 1 aromatic carbocycles. The Morgan fingerprint density at radius 2 is 1.71 bits per heavy atom. The van der Waals surface area contributed by atoms with Crippen LogP contribution < -0.4 is 5.73 Å². The predicted octanol–water partition coefficient (Wildman–Crippen LogP) is 4.00. The van der Waals surface area contributed by atoms with Gasteiger partial charge in [-0.25, -0.2) is 4.98 Å². The number of nitrogens with zero attached hydrogens (tertiary/aromatic N) is 3. The Hall–Kier alpha value is -3.37. The van der Waals surface area contributed by atoms with Crippen molar-refractivity contribution in [3.63, 3.8) is 0 Å². The molecule has 0 aliphatic heterocycles. The Labute approximate surface area is 141 Å². The smallest absolute Gasteiger partial charge is 0.142 e. The van der Waals surface area contributed by atoms with Gasteiger partial charge in [-0.05, 0) is 49.1 Å². The quantitative estimate of drug-likeness (QED) is 0.862. The second kappa shape index (κ2) is 5.68. The zero-order valence-electron chi connectivity index (χ0n) is 13.8. The Kier molecular flexibility index (Phi) is 3.67. The van der Waals surface area contributed by atoms with Crippen LogP contribution in [0.5, 0.6) is 0 Å². The van der Waals surface area contributed by atoms with Gasteiger partial charge in [0.15, 0.2) is 0 Å². The van der Waals surface area contributed by atoms with Crippen LogP contribution in [0.2, 0.25) is 0 Å². The van der Waals surface area contributed by atoms with Gasteiger partial charge in [-0.15, -0.1) is 0 Å². The van der Waals surface area contributed by atoms with Crippen molar-refractivity contribution in [2.45, 2.75) is 20.8 Å². The first-order valence-corrected chi connectivity index (χ1v) is 7.58. The molecule has 0 amide bonds. The number of hydrogen-bond donors (Lipinski definition) is 1. The fraction of sp³-hybridized carbons (Fsp3) is 0.150. The Morgan fingerprint density at radius 3 is 2.29 bits per heavy atom. The van der Waals surface area contributed by atoms with E-state index in [1.165, 1.54) is 5.56 Å². The largest absolute Gasteiger partial charge is 0.383 e. The van der Waals surface area contributed by atoms with Crippen LogP contribution in [0, 0.1) is 36.5 Å². The van der Waals surface area contributed by atoms with E-state index < -0.39 is 0 Å². The molecule has 1 aliphatic carbocycles. The van der Waals surface area contributed by atoms with E-state index >= 15 is 0 Å². The van der Waals surface area contributed by atoms with Gasteiger partial charge in [0, 0.05) is 5.56 Å². The van der Waals surface area contributed by atoms with Crippen molar-refractivity contribution in [3.05, 3.63) is 63.3 Å². The van der Waals surface area contributed by atoms with Crippen molar-refractivity contribution >= 4 is 23.0 Å². The van der Waals surface area contributed by atoms with E-state index in [4.69, 9.17) is 5.73 Å². The fourth-order valence-corrected chi connectivity index (χ4v) is 3.02. The van der Waals surface area contributed by atoms with Gasteiger partial charge in [-0.3, -0.25) is 0 Å². The predicted molar refractivity (Wildman–Crippen MR) is 95.4 cm³/mol. The van der Waals surface area contributed by atoms with Gasteiger partial charge in [0.05, 0.1) is 16.8 Å². The minimum absolute atomic E-state index is 0.172. The maximum Gasteiger partial charge on any atom is 0.142 e. The summed E-state index contributed by atoms with van der Waals surface area (Å²) >= 11 is 0. The third-order valence-corrected chi connectivity index (χ3v) is 4.37. The number of rotatable bonds is 1. The zero-order valence-corrected chi connectivity index (χ0v) is 13.8. The van der Waals surface area contributed by atoms with Crippen molar-refractivity contribution in [2.24, 2.45) is 0 Å². The summed E-state index contributed by atoms with van der Waals surface area (Å²) in [6.45, 7) is 5.80. The highest BCUT2D eigenvalue weighted by Crippen LogP contribution is 2.44. The zero-order chi connectivity index (χ0) is 17.4. The number of nitriles is 2. The summed E-state index contributed by atoms with van der Waals surface area (Å²) in [5.74, 6) is 0.172. The normalized spacial score (nSPS) is 14.5. The highest BCUT2D eigenvalue weighted by Gasteiger charge is 2.29. The number of anilines is 1. The standard InChI is InChI=1S/C20H16N4/c1-11-4-6-14(7-5-11)8-15-12(2)16(9-21)19-18(15)13(3)17(10-22)20(23)24-19/h4-8H,1-3H3,(H2,23,24). The van der Waals surface area contributed by atoms with Gasteiger partial charge in [0.25, 0.3) is 0 Å². The molecule has 0 radical (unpaired) electrons. The summed E-state index contributed by atoms with van der Waals surface area (Å²) in [6.07, 6.45) is 2.03. The highest BCUT2D eigenvalue weighted by atomic mass is 14.9. The van der Waals surface area contributed by atoms with Crippen molar-refractivity contribution in [1.29, 1.82) is 10.5 Å². The maximum atomic E-state index is 9.53. The fourth-order valence-electron chi connectivity index (χ4n) is 3.02. The first-order chi connectivity index (χ1) is 11.5. The van der Waals surface area contributed by atoms with Gasteiger partial charge in [-0.2, -0.15) is 10.5 Å². The summed E-state index contributed by atoms with van der Waals surface area (Å²) in [5, 5.41) is 18.9. The minimum atomic E-state index is 0.172. The summed E-state index contributed by atoms with van der Waals surface area (Å²) in [4.78, 5) is 4.33. The first kappa shape index (κ1) is 15.5. The molecular formula is C20H16N4. The Bertz CT molecular complexity index is 994. The molecule has 2 aromatic rings. The van der Waals surface area contributed by atoms with E-state index in [0.29, 0.717) is 16.8 Å². The Balaban J connectivity index is 2.31.